The van der Waals surface area contributed by atoms with Gasteiger partial charge in [0.1, 0.15) is 0 Å². The maximum absolute atomic E-state index is 10.6. The predicted octanol–water partition coefficient (Wildman–Crippen LogP) is 3.18. The van der Waals surface area contributed by atoms with Crippen molar-refractivity contribution in [3.8, 4) is 0 Å². The van der Waals surface area contributed by atoms with Crippen LogP contribution in [0.15, 0.2) is 29.3 Å². The van der Waals surface area contributed by atoms with Crippen LogP contribution in [-0.4, -0.2) is 16.1 Å². The molecular weight excluding hydrogens is 246 g/mol. The molecule has 3 nitrogen and oxygen atoms in total. The Morgan fingerprint density at radius 2 is 2.25 bits per heavy atom. The maximum Gasteiger partial charge on any atom is 0.341 e. The maximum atomic E-state index is 10.6. The third-order valence-electron chi connectivity index (χ3n) is 2.19. The monoisotopic (exact) mass is 253 g/mol. The summed E-state index contributed by atoms with van der Waals surface area (Å²) < 4.78 is 0. The van der Waals surface area contributed by atoms with Crippen LogP contribution in [0.3, 0.4) is 0 Å². The number of hydrogen-bond donors (Lipinski definition) is 3. The van der Waals surface area contributed by atoms with Gasteiger partial charge in [-0.2, -0.15) is 0 Å². The molecule has 0 aliphatic rings. The molecule has 1 aromatic heterocycles. The lowest BCUT2D eigenvalue weighted by Gasteiger charge is -1.94. The number of fused-ring (bicyclic) bond motifs is 1. The standard InChI is InChI=1S/C11H8ClNO2S/c12-7-1-2-8-6(3-10(16)11(14)15)5-13-9(8)4-7/h1-5,13,16H,(H,14,15)/b10-3-. The molecule has 0 spiro atoms. The van der Waals surface area contributed by atoms with E-state index in [1.807, 2.05) is 6.07 Å². The molecule has 1 aromatic carbocycles. The number of carboxylic acids is 1. The van der Waals surface area contributed by atoms with Crippen molar-refractivity contribution in [1.82, 2.24) is 4.98 Å². The van der Waals surface area contributed by atoms with Gasteiger partial charge in [-0.05, 0) is 18.2 Å². The van der Waals surface area contributed by atoms with Gasteiger partial charge < -0.3 is 10.1 Å². The van der Waals surface area contributed by atoms with Crippen LogP contribution < -0.4 is 0 Å². The van der Waals surface area contributed by atoms with E-state index in [0.29, 0.717) is 5.02 Å². The van der Waals surface area contributed by atoms with E-state index in [4.69, 9.17) is 16.7 Å². The first-order chi connectivity index (χ1) is 7.58. The van der Waals surface area contributed by atoms with Crippen molar-refractivity contribution in [2.75, 3.05) is 0 Å². The summed E-state index contributed by atoms with van der Waals surface area (Å²) in [4.78, 5) is 13.7. The van der Waals surface area contributed by atoms with Crippen LogP contribution in [0, 0.1) is 0 Å². The van der Waals surface area contributed by atoms with Gasteiger partial charge in [-0.25, -0.2) is 4.79 Å². The molecule has 0 amide bonds. The largest absolute Gasteiger partial charge is 0.477 e. The quantitative estimate of drug-likeness (QED) is 0.569. The van der Waals surface area contributed by atoms with Crippen molar-refractivity contribution in [3.05, 3.63) is 39.9 Å². The van der Waals surface area contributed by atoms with Gasteiger partial charge in [0.25, 0.3) is 0 Å². The summed E-state index contributed by atoms with van der Waals surface area (Å²) in [6, 6.07) is 5.38. The fraction of sp³-hybridized carbons (Fsp3) is 0. The van der Waals surface area contributed by atoms with E-state index in [-0.39, 0.29) is 4.91 Å². The Balaban J connectivity index is 2.55. The molecule has 0 bridgehead atoms. The fourth-order valence-electron chi connectivity index (χ4n) is 1.45. The summed E-state index contributed by atoms with van der Waals surface area (Å²) in [6.45, 7) is 0. The first-order valence-electron chi connectivity index (χ1n) is 4.48. The third kappa shape index (κ3) is 2.08. The summed E-state index contributed by atoms with van der Waals surface area (Å²) in [5.74, 6) is -1.05. The number of aromatic amines is 1. The zero-order chi connectivity index (χ0) is 11.7. The molecule has 1 heterocycles. The molecule has 16 heavy (non-hydrogen) atoms. The number of carboxylic acid groups (broad SMARTS) is 1. The third-order valence-corrected chi connectivity index (χ3v) is 2.74. The molecule has 0 unspecified atom stereocenters. The summed E-state index contributed by atoms with van der Waals surface area (Å²) in [6.07, 6.45) is 3.22. The first-order valence-corrected chi connectivity index (χ1v) is 5.31. The van der Waals surface area contributed by atoms with Gasteiger partial charge >= 0.3 is 5.97 Å². The number of hydrogen-bond acceptors (Lipinski definition) is 2. The molecule has 2 aromatic rings. The summed E-state index contributed by atoms with van der Waals surface area (Å²) in [7, 11) is 0. The number of nitrogens with one attached hydrogen (secondary N) is 1. The van der Waals surface area contributed by atoms with Gasteiger partial charge in [0.2, 0.25) is 0 Å². The molecule has 2 rings (SSSR count). The lowest BCUT2D eigenvalue weighted by molar-refractivity contribution is -0.131. The number of thiol groups is 1. The molecule has 0 fully saturated rings. The second kappa shape index (κ2) is 4.23. The predicted molar refractivity (Wildman–Crippen MR) is 67.9 cm³/mol. The second-order valence-corrected chi connectivity index (χ2v) is 4.19. The topological polar surface area (TPSA) is 53.1 Å². The highest BCUT2D eigenvalue weighted by Gasteiger charge is 2.05. The summed E-state index contributed by atoms with van der Waals surface area (Å²) in [5, 5.41) is 10.3. The molecular formula is C11H8ClNO2S. The Labute approximate surface area is 102 Å². The van der Waals surface area contributed by atoms with Gasteiger partial charge in [-0.15, -0.1) is 12.6 Å². The Hall–Kier alpha value is -1.39. The van der Waals surface area contributed by atoms with Gasteiger partial charge in [0.15, 0.2) is 0 Å². The fourth-order valence-corrected chi connectivity index (χ4v) is 1.76. The highest BCUT2D eigenvalue weighted by atomic mass is 35.5. The molecule has 5 heteroatoms. The zero-order valence-electron chi connectivity index (χ0n) is 8.07. The minimum atomic E-state index is -1.05. The van der Waals surface area contributed by atoms with E-state index in [1.54, 1.807) is 18.3 Å². The zero-order valence-corrected chi connectivity index (χ0v) is 9.72. The van der Waals surface area contributed by atoms with Crippen molar-refractivity contribution in [2.45, 2.75) is 0 Å². The number of halogens is 1. The Kier molecular flexibility index (Phi) is 2.94. The van der Waals surface area contributed by atoms with Crippen molar-refractivity contribution >= 4 is 47.2 Å². The number of aliphatic carboxylic acids is 1. The number of H-pyrrole nitrogens is 1. The second-order valence-electron chi connectivity index (χ2n) is 3.27. The van der Waals surface area contributed by atoms with Crippen LogP contribution in [0.2, 0.25) is 5.02 Å². The van der Waals surface area contributed by atoms with E-state index >= 15 is 0 Å². The molecule has 0 atom stereocenters. The highest BCUT2D eigenvalue weighted by molar-refractivity contribution is 7.85. The van der Waals surface area contributed by atoms with Gasteiger partial charge in [-0.3, -0.25) is 0 Å². The van der Waals surface area contributed by atoms with Crippen molar-refractivity contribution in [3.63, 3.8) is 0 Å². The molecule has 0 saturated carbocycles. The average Bonchev–Trinajstić information content (AvgIpc) is 2.60. The number of aromatic nitrogens is 1. The normalized spacial score (nSPS) is 12.0. The number of rotatable bonds is 2. The van der Waals surface area contributed by atoms with Crippen molar-refractivity contribution < 1.29 is 9.90 Å². The van der Waals surface area contributed by atoms with Crippen LogP contribution in [0.25, 0.3) is 17.0 Å². The Bertz CT molecular complexity index is 589. The van der Waals surface area contributed by atoms with Crippen LogP contribution in [0.1, 0.15) is 5.56 Å². The molecule has 2 N–H and O–H groups in total. The highest BCUT2D eigenvalue weighted by Crippen LogP contribution is 2.24. The molecule has 0 aliphatic carbocycles. The van der Waals surface area contributed by atoms with Gasteiger partial charge in [-0.1, -0.05) is 17.7 Å². The lowest BCUT2D eigenvalue weighted by Crippen LogP contribution is -1.92. The van der Waals surface area contributed by atoms with Crippen LogP contribution in [0.4, 0.5) is 0 Å². The minimum absolute atomic E-state index is 0.00384. The van der Waals surface area contributed by atoms with E-state index in [9.17, 15) is 4.79 Å². The van der Waals surface area contributed by atoms with Crippen LogP contribution >= 0.6 is 24.2 Å². The van der Waals surface area contributed by atoms with E-state index in [2.05, 4.69) is 17.6 Å². The molecule has 0 radical (unpaired) electrons. The van der Waals surface area contributed by atoms with Gasteiger partial charge in [0, 0.05) is 27.7 Å². The lowest BCUT2D eigenvalue weighted by atomic mass is 10.1. The Morgan fingerprint density at radius 3 is 2.94 bits per heavy atom. The van der Waals surface area contributed by atoms with Crippen molar-refractivity contribution in [2.24, 2.45) is 0 Å². The van der Waals surface area contributed by atoms with E-state index in [0.717, 1.165) is 16.5 Å². The molecule has 82 valence electrons. The number of carbonyl (C=O) groups is 1. The summed E-state index contributed by atoms with van der Waals surface area (Å²) >= 11 is 9.72. The smallest absolute Gasteiger partial charge is 0.341 e. The SMILES string of the molecule is O=C(O)/C(S)=C/c1c[nH]c2cc(Cl)ccc12. The average molecular weight is 254 g/mol. The molecule has 0 aliphatic heterocycles. The molecule has 0 saturated heterocycles. The number of benzene rings is 1. The van der Waals surface area contributed by atoms with E-state index in [1.165, 1.54) is 6.08 Å². The Morgan fingerprint density at radius 1 is 1.50 bits per heavy atom. The van der Waals surface area contributed by atoms with Crippen LogP contribution in [-0.2, 0) is 4.79 Å². The minimum Gasteiger partial charge on any atom is -0.477 e. The summed E-state index contributed by atoms with van der Waals surface area (Å²) in [5.41, 5.74) is 1.64. The van der Waals surface area contributed by atoms with Crippen LogP contribution in [0.5, 0.6) is 0 Å². The van der Waals surface area contributed by atoms with E-state index < -0.39 is 5.97 Å². The first kappa shape index (κ1) is 11.1. The van der Waals surface area contributed by atoms with Crippen molar-refractivity contribution in [1.29, 1.82) is 0 Å². The van der Waals surface area contributed by atoms with Gasteiger partial charge in [0.05, 0.1) is 4.91 Å².